The van der Waals surface area contributed by atoms with Crippen molar-refractivity contribution in [3.63, 3.8) is 0 Å². The standard InChI is InChI=1S/C12H12F6O3/c1-21-8-4-2-7(3-5-8)9(19)6-10(20,11(13,14)15)12(16,17)18/h2-5,9,19-20H,6H2,1H3. The van der Waals surface area contributed by atoms with Gasteiger partial charge in [-0.15, -0.1) is 0 Å². The Morgan fingerprint density at radius 1 is 1.00 bits per heavy atom. The lowest BCUT2D eigenvalue weighted by Gasteiger charge is -2.33. The van der Waals surface area contributed by atoms with Gasteiger partial charge in [-0.1, -0.05) is 12.1 Å². The molecular formula is C12H12F6O3. The molecule has 120 valence electrons. The summed E-state index contributed by atoms with van der Waals surface area (Å²) in [5.74, 6) is 0.313. The highest BCUT2D eigenvalue weighted by molar-refractivity contribution is 5.28. The van der Waals surface area contributed by atoms with E-state index in [0.29, 0.717) is 5.75 Å². The first-order valence-corrected chi connectivity index (χ1v) is 5.60. The number of rotatable bonds is 4. The van der Waals surface area contributed by atoms with Crippen LogP contribution >= 0.6 is 0 Å². The van der Waals surface area contributed by atoms with Crippen LogP contribution in [0.3, 0.4) is 0 Å². The number of ether oxygens (including phenoxy) is 1. The Morgan fingerprint density at radius 2 is 1.43 bits per heavy atom. The van der Waals surface area contributed by atoms with Crippen LogP contribution in [-0.4, -0.2) is 35.3 Å². The van der Waals surface area contributed by atoms with Gasteiger partial charge in [-0.25, -0.2) is 0 Å². The molecule has 0 saturated carbocycles. The molecule has 0 spiro atoms. The third-order valence-corrected chi connectivity index (χ3v) is 2.93. The Balaban J connectivity index is 3.03. The van der Waals surface area contributed by atoms with Gasteiger partial charge in [0.2, 0.25) is 0 Å². The monoisotopic (exact) mass is 318 g/mol. The zero-order valence-corrected chi connectivity index (χ0v) is 10.7. The van der Waals surface area contributed by atoms with Gasteiger partial charge >= 0.3 is 12.4 Å². The number of alkyl halides is 6. The van der Waals surface area contributed by atoms with Crippen molar-refractivity contribution in [3.8, 4) is 5.75 Å². The molecule has 1 aromatic carbocycles. The Morgan fingerprint density at radius 3 is 1.76 bits per heavy atom. The quantitative estimate of drug-likeness (QED) is 0.839. The molecule has 1 atom stereocenters. The number of aliphatic hydroxyl groups is 2. The first-order chi connectivity index (χ1) is 9.42. The van der Waals surface area contributed by atoms with E-state index in [0.717, 1.165) is 12.1 Å². The summed E-state index contributed by atoms with van der Waals surface area (Å²) in [5.41, 5.74) is -5.19. The molecule has 0 aliphatic heterocycles. The second-order valence-electron chi connectivity index (χ2n) is 4.35. The van der Waals surface area contributed by atoms with Crippen molar-refractivity contribution in [2.45, 2.75) is 30.5 Å². The third-order valence-electron chi connectivity index (χ3n) is 2.93. The van der Waals surface area contributed by atoms with Crippen LogP contribution in [0, 0.1) is 0 Å². The summed E-state index contributed by atoms with van der Waals surface area (Å²) in [7, 11) is 1.32. The maximum atomic E-state index is 12.5. The van der Waals surface area contributed by atoms with Crippen molar-refractivity contribution >= 4 is 0 Å². The van der Waals surface area contributed by atoms with Gasteiger partial charge in [-0.2, -0.15) is 26.3 Å². The van der Waals surface area contributed by atoms with Gasteiger partial charge in [-0.05, 0) is 17.7 Å². The second kappa shape index (κ2) is 5.72. The molecule has 0 amide bonds. The zero-order chi connectivity index (χ0) is 16.5. The van der Waals surface area contributed by atoms with Crippen molar-refractivity contribution in [2.24, 2.45) is 0 Å². The maximum absolute atomic E-state index is 12.5. The molecule has 1 rings (SSSR count). The minimum Gasteiger partial charge on any atom is -0.497 e. The number of hydrogen-bond acceptors (Lipinski definition) is 3. The third kappa shape index (κ3) is 3.59. The summed E-state index contributed by atoms with van der Waals surface area (Å²) < 4.78 is 79.7. The van der Waals surface area contributed by atoms with E-state index in [2.05, 4.69) is 0 Å². The summed E-state index contributed by atoms with van der Waals surface area (Å²) in [5, 5.41) is 18.5. The highest BCUT2D eigenvalue weighted by Gasteiger charge is 2.70. The highest BCUT2D eigenvalue weighted by atomic mass is 19.4. The fourth-order valence-electron chi connectivity index (χ4n) is 1.62. The fraction of sp³-hybridized carbons (Fsp3) is 0.500. The van der Waals surface area contributed by atoms with Crippen molar-refractivity contribution in [1.82, 2.24) is 0 Å². The predicted octanol–water partition coefficient (Wildman–Crippen LogP) is 2.97. The van der Waals surface area contributed by atoms with Crippen LogP contribution in [0.5, 0.6) is 5.75 Å². The predicted molar refractivity (Wildman–Crippen MR) is 59.6 cm³/mol. The average Bonchev–Trinajstić information content (AvgIpc) is 2.36. The van der Waals surface area contributed by atoms with Crippen LogP contribution in [-0.2, 0) is 0 Å². The Bertz CT molecular complexity index is 451. The van der Waals surface area contributed by atoms with Gasteiger partial charge in [0.15, 0.2) is 0 Å². The van der Waals surface area contributed by atoms with E-state index >= 15 is 0 Å². The summed E-state index contributed by atoms with van der Waals surface area (Å²) in [4.78, 5) is 0. The number of methoxy groups -OCH3 is 1. The van der Waals surface area contributed by atoms with Gasteiger partial charge in [0.1, 0.15) is 5.75 Å². The van der Waals surface area contributed by atoms with Gasteiger partial charge in [-0.3, -0.25) is 0 Å². The molecular weight excluding hydrogens is 306 g/mol. The Hall–Kier alpha value is -1.48. The molecule has 0 saturated heterocycles. The van der Waals surface area contributed by atoms with Crippen molar-refractivity contribution < 1.29 is 41.3 Å². The van der Waals surface area contributed by atoms with E-state index in [1.165, 1.54) is 19.2 Å². The van der Waals surface area contributed by atoms with Crippen molar-refractivity contribution in [2.75, 3.05) is 7.11 Å². The lowest BCUT2D eigenvalue weighted by Crippen LogP contribution is -2.57. The molecule has 3 nitrogen and oxygen atoms in total. The molecule has 0 aliphatic carbocycles. The lowest BCUT2D eigenvalue weighted by atomic mass is 9.91. The minimum atomic E-state index is -5.96. The average molecular weight is 318 g/mol. The van der Waals surface area contributed by atoms with Gasteiger partial charge in [0.05, 0.1) is 13.2 Å². The molecule has 21 heavy (non-hydrogen) atoms. The molecule has 0 aliphatic rings. The van der Waals surface area contributed by atoms with E-state index in [4.69, 9.17) is 9.84 Å². The number of halogens is 6. The molecule has 0 radical (unpaired) electrons. The van der Waals surface area contributed by atoms with Gasteiger partial charge in [0.25, 0.3) is 5.60 Å². The Kier molecular flexibility index (Phi) is 4.79. The topological polar surface area (TPSA) is 49.7 Å². The molecule has 0 aromatic heterocycles. The van der Waals surface area contributed by atoms with Crippen molar-refractivity contribution in [1.29, 1.82) is 0 Å². The SMILES string of the molecule is COc1ccc(C(O)CC(O)(C(F)(F)F)C(F)(F)F)cc1. The molecule has 0 bridgehead atoms. The summed E-state index contributed by atoms with van der Waals surface area (Å²) in [6.07, 6.45) is -16.0. The fourth-order valence-corrected chi connectivity index (χ4v) is 1.62. The lowest BCUT2D eigenvalue weighted by molar-refractivity contribution is -0.374. The summed E-state index contributed by atoms with van der Waals surface area (Å²) in [6.45, 7) is 0. The molecule has 1 unspecified atom stereocenters. The molecule has 9 heteroatoms. The van der Waals surface area contributed by atoms with Crippen molar-refractivity contribution in [3.05, 3.63) is 29.8 Å². The van der Waals surface area contributed by atoms with Gasteiger partial charge < -0.3 is 14.9 Å². The molecule has 0 fully saturated rings. The molecule has 1 aromatic rings. The first kappa shape index (κ1) is 17.6. The van der Waals surface area contributed by atoms with E-state index in [1.54, 1.807) is 0 Å². The highest BCUT2D eigenvalue weighted by Crippen LogP contribution is 2.47. The van der Waals surface area contributed by atoms with E-state index in [1.807, 2.05) is 0 Å². The van der Waals surface area contributed by atoms with E-state index in [9.17, 15) is 31.4 Å². The molecule has 0 heterocycles. The molecule has 2 N–H and O–H groups in total. The van der Waals surface area contributed by atoms with Crippen LogP contribution in [0.25, 0.3) is 0 Å². The summed E-state index contributed by atoms with van der Waals surface area (Å²) >= 11 is 0. The maximum Gasteiger partial charge on any atom is 0.426 e. The smallest absolute Gasteiger partial charge is 0.426 e. The van der Waals surface area contributed by atoms with Crippen LogP contribution in [0.1, 0.15) is 18.1 Å². The van der Waals surface area contributed by atoms with E-state index in [-0.39, 0.29) is 5.56 Å². The van der Waals surface area contributed by atoms with Crippen LogP contribution in [0.15, 0.2) is 24.3 Å². The van der Waals surface area contributed by atoms with Gasteiger partial charge in [0, 0.05) is 6.42 Å². The first-order valence-electron chi connectivity index (χ1n) is 5.60. The Labute approximate surface area is 115 Å². The normalized spacial score (nSPS) is 14.9. The number of benzene rings is 1. The zero-order valence-electron chi connectivity index (χ0n) is 10.7. The minimum absolute atomic E-state index is 0.206. The summed E-state index contributed by atoms with van der Waals surface area (Å²) in [6, 6.07) is 4.74. The number of aliphatic hydroxyl groups excluding tert-OH is 1. The number of hydrogen-bond donors (Lipinski definition) is 2. The van der Waals surface area contributed by atoms with Crippen LogP contribution in [0.2, 0.25) is 0 Å². The van der Waals surface area contributed by atoms with Crippen LogP contribution in [0.4, 0.5) is 26.3 Å². The largest absolute Gasteiger partial charge is 0.497 e. The van der Waals surface area contributed by atoms with E-state index < -0.39 is 30.5 Å². The van der Waals surface area contributed by atoms with Crippen LogP contribution < -0.4 is 4.74 Å². The second-order valence-corrected chi connectivity index (χ2v) is 4.35.